The van der Waals surface area contributed by atoms with E-state index in [2.05, 4.69) is 52.9 Å². The zero-order valence-electron chi connectivity index (χ0n) is 19.2. The fraction of sp³-hybridized carbons (Fsp3) is 0.833. The van der Waals surface area contributed by atoms with Gasteiger partial charge in [-0.05, 0) is 60.9 Å². The Kier molecular flexibility index (Phi) is 14.6. The van der Waals surface area contributed by atoms with E-state index in [9.17, 15) is 0 Å². The molecule has 0 radical (unpaired) electrons. The number of rotatable bonds is 16. The number of thiophene rings is 1. The highest BCUT2D eigenvalue weighted by Crippen LogP contribution is 2.46. The minimum atomic E-state index is 0.0645. The van der Waals surface area contributed by atoms with Crippen LogP contribution in [0.3, 0.4) is 0 Å². The third-order valence-electron chi connectivity index (χ3n) is 5.12. The van der Waals surface area contributed by atoms with E-state index in [0.717, 1.165) is 0 Å². The van der Waals surface area contributed by atoms with Crippen LogP contribution >= 0.6 is 27.2 Å². The molecular formula is C24H46P2S. The van der Waals surface area contributed by atoms with Gasteiger partial charge in [-0.2, -0.15) is 0 Å². The Morgan fingerprint density at radius 2 is 0.852 bits per heavy atom. The minimum absolute atomic E-state index is 0.0645. The summed E-state index contributed by atoms with van der Waals surface area (Å²) in [6.07, 6.45) is 19.4. The molecule has 0 amide bonds. The average molecular weight is 429 g/mol. The molecule has 1 aromatic heterocycles. The van der Waals surface area contributed by atoms with Crippen LogP contribution in [0.2, 0.25) is 0 Å². The lowest BCUT2D eigenvalue weighted by atomic mass is 10.2. The Morgan fingerprint density at radius 3 is 1.11 bits per heavy atom. The van der Waals surface area contributed by atoms with Crippen LogP contribution in [-0.2, 0) is 12.8 Å². The number of aryl methyl sites for hydroxylation is 2. The molecule has 27 heavy (non-hydrogen) atoms. The normalized spacial score (nSPS) is 11.9. The van der Waals surface area contributed by atoms with Crippen molar-refractivity contribution in [1.82, 2.24) is 0 Å². The zero-order valence-corrected chi connectivity index (χ0v) is 21.8. The molecule has 0 saturated heterocycles. The maximum Gasteiger partial charge on any atom is 0.0132 e. The lowest BCUT2D eigenvalue weighted by Gasteiger charge is -2.25. The molecule has 0 saturated carbocycles. The van der Waals surface area contributed by atoms with Gasteiger partial charge < -0.3 is 0 Å². The average Bonchev–Trinajstić information content (AvgIpc) is 3.02. The van der Waals surface area contributed by atoms with Gasteiger partial charge in [-0.15, -0.1) is 11.3 Å². The van der Waals surface area contributed by atoms with Gasteiger partial charge in [-0.3, -0.25) is 0 Å². The van der Waals surface area contributed by atoms with E-state index in [-0.39, 0.29) is 15.8 Å². The van der Waals surface area contributed by atoms with Crippen molar-refractivity contribution in [3.63, 3.8) is 0 Å². The molecule has 0 bridgehead atoms. The van der Waals surface area contributed by atoms with Crippen molar-refractivity contribution in [2.75, 3.05) is 24.6 Å². The molecule has 0 N–H and O–H groups in total. The molecular weight excluding hydrogens is 382 g/mol. The highest BCUT2D eigenvalue weighted by atomic mass is 32.1. The highest BCUT2D eigenvalue weighted by molar-refractivity contribution is 7.73. The fourth-order valence-corrected chi connectivity index (χ4v) is 12.5. The van der Waals surface area contributed by atoms with E-state index in [1.165, 1.54) is 88.9 Å². The summed E-state index contributed by atoms with van der Waals surface area (Å²) in [4.78, 5) is 3.65. The van der Waals surface area contributed by atoms with Gasteiger partial charge in [0.2, 0.25) is 0 Å². The van der Waals surface area contributed by atoms with Crippen molar-refractivity contribution in [3.8, 4) is 0 Å². The Balaban J connectivity index is 3.48. The quantitative estimate of drug-likeness (QED) is 0.232. The summed E-state index contributed by atoms with van der Waals surface area (Å²) in [6, 6.07) is 0. The molecule has 0 spiro atoms. The van der Waals surface area contributed by atoms with Crippen LogP contribution in [0.4, 0.5) is 0 Å². The number of hydrogen-bond acceptors (Lipinski definition) is 1. The van der Waals surface area contributed by atoms with Crippen molar-refractivity contribution >= 4 is 37.8 Å². The van der Waals surface area contributed by atoms with Crippen molar-refractivity contribution in [2.24, 2.45) is 0 Å². The second kappa shape index (κ2) is 15.4. The van der Waals surface area contributed by atoms with Crippen molar-refractivity contribution < 1.29 is 0 Å². The van der Waals surface area contributed by atoms with Gasteiger partial charge in [-0.25, -0.2) is 0 Å². The van der Waals surface area contributed by atoms with Gasteiger partial charge in [0.15, 0.2) is 0 Å². The van der Waals surface area contributed by atoms with Crippen LogP contribution in [0.25, 0.3) is 0 Å². The molecule has 0 aliphatic carbocycles. The molecule has 0 aliphatic rings. The second-order valence-corrected chi connectivity index (χ2v) is 13.9. The van der Waals surface area contributed by atoms with Gasteiger partial charge in [0, 0.05) is 9.75 Å². The molecule has 3 heteroatoms. The van der Waals surface area contributed by atoms with Gasteiger partial charge in [0.1, 0.15) is 0 Å². The first-order valence-corrected chi connectivity index (χ1v) is 16.1. The maximum atomic E-state index is 2.40. The summed E-state index contributed by atoms with van der Waals surface area (Å²) in [7, 11) is 0.129. The summed E-state index contributed by atoms with van der Waals surface area (Å²) in [6.45, 7) is 14.3. The topological polar surface area (TPSA) is 0 Å². The number of unbranched alkanes of at least 4 members (excludes halogenated alkanes) is 2. The van der Waals surface area contributed by atoms with E-state index in [4.69, 9.17) is 0 Å². The molecule has 0 fully saturated rings. The van der Waals surface area contributed by atoms with E-state index in [1.54, 1.807) is 0 Å². The van der Waals surface area contributed by atoms with Crippen LogP contribution in [0.15, 0.2) is 0 Å². The Bertz CT molecular complexity index is 440. The first kappa shape index (κ1) is 25.6. The molecule has 158 valence electrons. The number of hydrogen-bond donors (Lipinski definition) is 0. The van der Waals surface area contributed by atoms with Gasteiger partial charge in [-0.1, -0.05) is 95.9 Å². The summed E-state index contributed by atoms with van der Waals surface area (Å²) >= 11 is 2.26. The van der Waals surface area contributed by atoms with Gasteiger partial charge in [0.25, 0.3) is 0 Å². The van der Waals surface area contributed by atoms with Crippen LogP contribution in [-0.4, -0.2) is 24.6 Å². The molecule has 0 nitrogen and oxygen atoms in total. The molecule has 0 unspecified atom stereocenters. The summed E-state index contributed by atoms with van der Waals surface area (Å²) < 4.78 is 0. The van der Waals surface area contributed by atoms with Crippen molar-refractivity contribution in [2.45, 2.75) is 106 Å². The summed E-state index contributed by atoms with van der Waals surface area (Å²) in [5.41, 5.74) is 0. The Morgan fingerprint density at radius 1 is 0.519 bits per heavy atom. The first-order valence-electron chi connectivity index (χ1n) is 11.8. The highest BCUT2D eigenvalue weighted by Gasteiger charge is 2.27. The summed E-state index contributed by atoms with van der Waals surface area (Å²) in [5, 5.41) is 3.90. The van der Waals surface area contributed by atoms with E-state index >= 15 is 0 Å². The van der Waals surface area contributed by atoms with Crippen LogP contribution in [0.1, 0.15) is 103 Å². The van der Waals surface area contributed by atoms with Crippen LogP contribution in [0, 0.1) is 0 Å². The van der Waals surface area contributed by atoms with Gasteiger partial charge in [0.05, 0.1) is 0 Å². The van der Waals surface area contributed by atoms with Gasteiger partial charge >= 0.3 is 0 Å². The molecule has 0 aromatic carbocycles. The minimum Gasteiger partial charge on any atom is -0.144 e. The summed E-state index contributed by atoms with van der Waals surface area (Å²) in [5.74, 6) is 0. The standard InChI is InChI=1S/C24H46P2S/c1-7-13-15-21-23(25(17-9-3)18-10-4)24(22(27-21)16-14-8-2)26(19-11-5)20-12-6/h7-20H2,1-6H3. The molecule has 1 rings (SSSR count). The Labute approximate surface area is 177 Å². The molecule has 0 atom stereocenters. The van der Waals surface area contributed by atoms with Crippen molar-refractivity contribution in [3.05, 3.63) is 9.75 Å². The first-order chi connectivity index (χ1) is 13.2. The van der Waals surface area contributed by atoms with Crippen molar-refractivity contribution in [1.29, 1.82) is 0 Å². The molecule has 0 aliphatic heterocycles. The van der Waals surface area contributed by atoms with E-state index < -0.39 is 0 Å². The Hall–Kier alpha value is 0.560. The lowest BCUT2D eigenvalue weighted by molar-refractivity contribution is 0.804. The smallest absolute Gasteiger partial charge is 0.0132 e. The fourth-order valence-electron chi connectivity index (χ4n) is 3.93. The SMILES string of the molecule is CCCCc1sc(CCCC)c(P(CCC)CCC)c1P(CCC)CCC. The van der Waals surface area contributed by atoms with E-state index in [0.29, 0.717) is 0 Å². The lowest BCUT2D eigenvalue weighted by Crippen LogP contribution is -2.27. The predicted molar refractivity (Wildman–Crippen MR) is 135 cm³/mol. The molecule has 1 heterocycles. The predicted octanol–water partition coefficient (Wildman–Crippen LogP) is 8.29. The largest absolute Gasteiger partial charge is 0.144 e. The third kappa shape index (κ3) is 8.07. The second-order valence-electron chi connectivity index (χ2n) is 7.83. The zero-order chi connectivity index (χ0) is 20.1. The third-order valence-corrected chi connectivity index (χ3v) is 13.1. The molecule has 1 aromatic rings. The van der Waals surface area contributed by atoms with E-state index in [1.807, 2.05) is 20.4 Å². The van der Waals surface area contributed by atoms with Crippen LogP contribution in [0.5, 0.6) is 0 Å². The maximum absolute atomic E-state index is 2.40. The van der Waals surface area contributed by atoms with Crippen LogP contribution < -0.4 is 10.6 Å². The monoisotopic (exact) mass is 428 g/mol.